The van der Waals surface area contributed by atoms with Gasteiger partial charge in [0.2, 0.25) is 0 Å². The van der Waals surface area contributed by atoms with E-state index in [1.54, 1.807) is 0 Å². The van der Waals surface area contributed by atoms with E-state index in [0.29, 0.717) is 0 Å². The van der Waals surface area contributed by atoms with E-state index >= 15 is 0 Å². The van der Waals surface area contributed by atoms with Gasteiger partial charge in [0.05, 0.1) is 0 Å². The summed E-state index contributed by atoms with van der Waals surface area (Å²) >= 11 is 0. The minimum atomic E-state index is 0.231. The van der Waals surface area contributed by atoms with E-state index in [1.807, 2.05) is 23.6 Å². The average molecular weight is 212 g/mol. The SMILES string of the molecule is CCC1CCN(C(=O)N(CC)CC)CC1. The van der Waals surface area contributed by atoms with Crippen LogP contribution in [-0.4, -0.2) is 42.0 Å². The molecule has 0 unspecified atom stereocenters. The molecule has 1 rings (SSSR count). The van der Waals surface area contributed by atoms with Crippen molar-refractivity contribution in [3.63, 3.8) is 0 Å². The van der Waals surface area contributed by atoms with Crippen molar-refractivity contribution < 1.29 is 4.79 Å². The Kier molecular flexibility index (Phi) is 4.92. The standard InChI is InChI=1S/C12H24N2O/c1-4-11-7-9-14(10-8-11)12(15)13(5-2)6-3/h11H,4-10H2,1-3H3. The summed E-state index contributed by atoms with van der Waals surface area (Å²) in [6, 6.07) is 0.231. The third kappa shape index (κ3) is 3.11. The van der Waals surface area contributed by atoms with E-state index in [1.165, 1.54) is 19.3 Å². The monoisotopic (exact) mass is 212 g/mol. The molecular weight excluding hydrogens is 188 g/mol. The van der Waals surface area contributed by atoms with E-state index < -0.39 is 0 Å². The fraction of sp³-hybridized carbons (Fsp3) is 0.917. The molecule has 1 aliphatic rings. The number of likely N-dealkylation sites (tertiary alicyclic amines) is 1. The van der Waals surface area contributed by atoms with Crippen LogP contribution in [-0.2, 0) is 0 Å². The van der Waals surface area contributed by atoms with Crippen LogP contribution in [0.15, 0.2) is 0 Å². The summed E-state index contributed by atoms with van der Waals surface area (Å²) < 4.78 is 0. The third-order valence-electron chi connectivity index (χ3n) is 3.50. The maximum Gasteiger partial charge on any atom is 0.319 e. The minimum absolute atomic E-state index is 0.231. The minimum Gasteiger partial charge on any atom is -0.325 e. The van der Waals surface area contributed by atoms with Crippen LogP contribution >= 0.6 is 0 Å². The molecule has 2 amide bonds. The molecule has 0 radical (unpaired) electrons. The van der Waals surface area contributed by atoms with Gasteiger partial charge in [0.25, 0.3) is 0 Å². The van der Waals surface area contributed by atoms with E-state index in [-0.39, 0.29) is 6.03 Å². The predicted octanol–water partition coefficient (Wildman–Crippen LogP) is 2.57. The van der Waals surface area contributed by atoms with Crippen molar-refractivity contribution in [3.05, 3.63) is 0 Å². The molecular formula is C12H24N2O. The molecule has 0 aromatic rings. The zero-order valence-corrected chi connectivity index (χ0v) is 10.3. The fourth-order valence-corrected chi connectivity index (χ4v) is 2.23. The molecule has 0 aromatic heterocycles. The van der Waals surface area contributed by atoms with Crippen molar-refractivity contribution in [1.29, 1.82) is 0 Å². The summed E-state index contributed by atoms with van der Waals surface area (Å²) in [4.78, 5) is 15.9. The first kappa shape index (κ1) is 12.3. The molecule has 0 aliphatic carbocycles. The van der Waals surface area contributed by atoms with Crippen molar-refractivity contribution in [2.24, 2.45) is 5.92 Å². The molecule has 88 valence electrons. The van der Waals surface area contributed by atoms with Crippen LogP contribution in [0, 0.1) is 5.92 Å². The van der Waals surface area contributed by atoms with Gasteiger partial charge >= 0.3 is 6.03 Å². The molecule has 1 heterocycles. The van der Waals surface area contributed by atoms with Crippen LogP contribution in [0.1, 0.15) is 40.0 Å². The van der Waals surface area contributed by atoms with Gasteiger partial charge in [0.15, 0.2) is 0 Å². The van der Waals surface area contributed by atoms with Crippen molar-refractivity contribution in [2.75, 3.05) is 26.2 Å². The summed E-state index contributed by atoms with van der Waals surface area (Å²) in [7, 11) is 0. The Morgan fingerprint density at radius 2 is 1.73 bits per heavy atom. The van der Waals surface area contributed by atoms with Crippen molar-refractivity contribution in [3.8, 4) is 0 Å². The highest BCUT2D eigenvalue weighted by molar-refractivity contribution is 5.74. The van der Waals surface area contributed by atoms with Gasteiger partial charge in [-0.2, -0.15) is 0 Å². The molecule has 1 saturated heterocycles. The molecule has 15 heavy (non-hydrogen) atoms. The number of nitrogens with zero attached hydrogens (tertiary/aromatic N) is 2. The first-order chi connectivity index (χ1) is 7.22. The number of amides is 2. The summed E-state index contributed by atoms with van der Waals surface area (Å²) in [5.74, 6) is 0.839. The van der Waals surface area contributed by atoms with Crippen LogP contribution in [0.4, 0.5) is 4.79 Å². The third-order valence-corrected chi connectivity index (χ3v) is 3.50. The molecule has 0 aromatic carbocycles. The van der Waals surface area contributed by atoms with Gasteiger partial charge in [-0.1, -0.05) is 13.3 Å². The topological polar surface area (TPSA) is 23.6 Å². The maximum atomic E-state index is 12.0. The lowest BCUT2D eigenvalue weighted by atomic mass is 9.95. The first-order valence-electron chi connectivity index (χ1n) is 6.26. The quantitative estimate of drug-likeness (QED) is 0.705. The zero-order valence-electron chi connectivity index (χ0n) is 10.3. The van der Waals surface area contributed by atoms with Gasteiger partial charge < -0.3 is 9.80 Å². The second-order valence-corrected chi connectivity index (χ2v) is 4.29. The molecule has 0 saturated carbocycles. The van der Waals surface area contributed by atoms with E-state index in [2.05, 4.69) is 6.92 Å². The summed E-state index contributed by atoms with van der Waals surface area (Å²) in [6.45, 7) is 9.88. The molecule has 3 nitrogen and oxygen atoms in total. The first-order valence-corrected chi connectivity index (χ1v) is 6.26. The lowest BCUT2D eigenvalue weighted by Gasteiger charge is -2.34. The van der Waals surface area contributed by atoms with Crippen LogP contribution in [0.3, 0.4) is 0 Å². The molecule has 3 heteroatoms. The van der Waals surface area contributed by atoms with Gasteiger partial charge in [-0.05, 0) is 32.6 Å². The van der Waals surface area contributed by atoms with Crippen LogP contribution in [0.2, 0.25) is 0 Å². The summed E-state index contributed by atoms with van der Waals surface area (Å²) in [5.41, 5.74) is 0. The van der Waals surface area contributed by atoms with Gasteiger partial charge in [0.1, 0.15) is 0 Å². The summed E-state index contributed by atoms with van der Waals surface area (Å²) in [5, 5.41) is 0. The molecule has 0 bridgehead atoms. The number of piperidine rings is 1. The largest absolute Gasteiger partial charge is 0.325 e. The van der Waals surface area contributed by atoms with Gasteiger partial charge in [0, 0.05) is 26.2 Å². The van der Waals surface area contributed by atoms with Crippen molar-refractivity contribution >= 4 is 6.03 Å². The van der Waals surface area contributed by atoms with Gasteiger partial charge in [-0.15, -0.1) is 0 Å². The number of rotatable bonds is 3. The number of carbonyl (C=O) groups is 1. The van der Waals surface area contributed by atoms with Crippen LogP contribution in [0.5, 0.6) is 0 Å². The van der Waals surface area contributed by atoms with Crippen molar-refractivity contribution in [2.45, 2.75) is 40.0 Å². The Balaban J connectivity index is 2.42. The smallest absolute Gasteiger partial charge is 0.319 e. The lowest BCUT2D eigenvalue weighted by molar-refractivity contribution is 0.135. The Morgan fingerprint density at radius 3 is 2.13 bits per heavy atom. The van der Waals surface area contributed by atoms with E-state index in [0.717, 1.165) is 32.1 Å². The van der Waals surface area contributed by atoms with E-state index in [9.17, 15) is 4.79 Å². The zero-order chi connectivity index (χ0) is 11.3. The average Bonchev–Trinajstić information content (AvgIpc) is 2.30. The number of urea groups is 1. The molecule has 0 atom stereocenters. The summed E-state index contributed by atoms with van der Waals surface area (Å²) in [6.07, 6.45) is 3.63. The highest BCUT2D eigenvalue weighted by Gasteiger charge is 2.23. The van der Waals surface area contributed by atoms with Gasteiger partial charge in [-0.3, -0.25) is 0 Å². The second-order valence-electron chi connectivity index (χ2n) is 4.29. The van der Waals surface area contributed by atoms with Crippen molar-refractivity contribution in [1.82, 2.24) is 9.80 Å². The number of carbonyl (C=O) groups excluding carboxylic acids is 1. The Labute approximate surface area is 93.4 Å². The Morgan fingerprint density at radius 1 is 1.20 bits per heavy atom. The maximum absolute atomic E-state index is 12.0. The van der Waals surface area contributed by atoms with Crippen LogP contribution in [0.25, 0.3) is 0 Å². The second kappa shape index (κ2) is 5.99. The molecule has 0 N–H and O–H groups in total. The normalized spacial score (nSPS) is 17.9. The fourth-order valence-electron chi connectivity index (χ4n) is 2.23. The Hall–Kier alpha value is -0.730. The highest BCUT2D eigenvalue weighted by atomic mass is 16.2. The lowest BCUT2D eigenvalue weighted by Crippen LogP contribution is -2.46. The number of hydrogen-bond donors (Lipinski definition) is 0. The van der Waals surface area contributed by atoms with Crippen LogP contribution < -0.4 is 0 Å². The number of hydrogen-bond acceptors (Lipinski definition) is 1. The molecule has 1 aliphatic heterocycles. The highest BCUT2D eigenvalue weighted by Crippen LogP contribution is 2.20. The molecule has 0 spiro atoms. The van der Waals surface area contributed by atoms with Gasteiger partial charge in [-0.25, -0.2) is 4.79 Å². The predicted molar refractivity (Wildman–Crippen MR) is 62.9 cm³/mol. The van der Waals surface area contributed by atoms with E-state index in [4.69, 9.17) is 0 Å². The Bertz CT molecular complexity index is 194. The molecule has 1 fully saturated rings.